The number of ether oxygens (including phenoxy) is 2. The van der Waals surface area contributed by atoms with Crippen molar-refractivity contribution in [3.8, 4) is 5.75 Å². The SMILES string of the molecule is COc1ccc(C)cc1C(N)CSCC1CCCO1. The highest BCUT2D eigenvalue weighted by Crippen LogP contribution is 2.28. The normalized spacial score (nSPS) is 20.5. The van der Waals surface area contributed by atoms with E-state index >= 15 is 0 Å². The van der Waals surface area contributed by atoms with E-state index < -0.39 is 0 Å². The van der Waals surface area contributed by atoms with Crippen molar-refractivity contribution in [1.82, 2.24) is 0 Å². The summed E-state index contributed by atoms with van der Waals surface area (Å²) >= 11 is 1.87. The lowest BCUT2D eigenvalue weighted by molar-refractivity contribution is 0.129. The van der Waals surface area contributed by atoms with Crippen molar-refractivity contribution in [2.24, 2.45) is 5.73 Å². The Kier molecular flexibility index (Phi) is 5.55. The fourth-order valence-electron chi connectivity index (χ4n) is 2.34. The summed E-state index contributed by atoms with van der Waals surface area (Å²) in [5, 5.41) is 0. The van der Waals surface area contributed by atoms with Gasteiger partial charge in [-0.2, -0.15) is 11.8 Å². The van der Waals surface area contributed by atoms with Gasteiger partial charge in [0.05, 0.1) is 13.2 Å². The van der Waals surface area contributed by atoms with Crippen molar-refractivity contribution in [3.63, 3.8) is 0 Å². The molecule has 0 radical (unpaired) electrons. The molecule has 1 saturated heterocycles. The van der Waals surface area contributed by atoms with Crippen LogP contribution in [0, 0.1) is 6.92 Å². The van der Waals surface area contributed by atoms with Crippen LogP contribution in [0.15, 0.2) is 18.2 Å². The molecule has 2 N–H and O–H groups in total. The minimum atomic E-state index is 0.0150. The first-order valence-electron chi connectivity index (χ1n) is 6.80. The fourth-order valence-corrected chi connectivity index (χ4v) is 3.43. The molecule has 106 valence electrons. The molecule has 2 unspecified atom stereocenters. The minimum Gasteiger partial charge on any atom is -0.496 e. The molecule has 0 saturated carbocycles. The fraction of sp³-hybridized carbons (Fsp3) is 0.600. The molecule has 0 spiro atoms. The Balaban J connectivity index is 1.87. The molecule has 1 aromatic rings. The van der Waals surface area contributed by atoms with Crippen molar-refractivity contribution in [3.05, 3.63) is 29.3 Å². The second kappa shape index (κ2) is 7.17. The molecule has 1 fully saturated rings. The van der Waals surface area contributed by atoms with Gasteiger partial charge in [-0.3, -0.25) is 0 Å². The summed E-state index contributed by atoms with van der Waals surface area (Å²) in [5.74, 6) is 2.83. The molecule has 2 atom stereocenters. The molecule has 0 amide bonds. The van der Waals surface area contributed by atoms with Crippen LogP contribution in [-0.2, 0) is 4.74 Å². The predicted octanol–water partition coefficient (Wildman–Crippen LogP) is 2.92. The maximum atomic E-state index is 6.28. The molecule has 3 nitrogen and oxygen atoms in total. The first kappa shape index (κ1) is 14.7. The van der Waals surface area contributed by atoms with Gasteiger partial charge in [0.15, 0.2) is 0 Å². The molecule has 4 heteroatoms. The number of hydrogen-bond donors (Lipinski definition) is 1. The average molecular weight is 281 g/mol. The Morgan fingerprint density at radius 1 is 1.53 bits per heavy atom. The second-order valence-corrected chi connectivity index (χ2v) is 6.10. The van der Waals surface area contributed by atoms with Gasteiger partial charge in [0.25, 0.3) is 0 Å². The Morgan fingerprint density at radius 3 is 3.05 bits per heavy atom. The highest BCUT2D eigenvalue weighted by atomic mass is 32.2. The van der Waals surface area contributed by atoms with E-state index in [0.717, 1.165) is 29.4 Å². The van der Waals surface area contributed by atoms with Crippen molar-refractivity contribution in [1.29, 1.82) is 0 Å². The Morgan fingerprint density at radius 2 is 2.37 bits per heavy atom. The molecule has 19 heavy (non-hydrogen) atoms. The smallest absolute Gasteiger partial charge is 0.123 e. The monoisotopic (exact) mass is 281 g/mol. The third-order valence-electron chi connectivity index (χ3n) is 3.41. The topological polar surface area (TPSA) is 44.5 Å². The van der Waals surface area contributed by atoms with Gasteiger partial charge in [0, 0.05) is 29.7 Å². The average Bonchev–Trinajstić information content (AvgIpc) is 2.91. The van der Waals surface area contributed by atoms with Crippen LogP contribution >= 0.6 is 11.8 Å². The van der Waals surface area contributed by atoms with Crippen LogP contribution in [0.3, 0.4) is 0 Å². The van der Waals surface area contributed by atoms with E-state index in [1.165, 1.54) is 18.4 Å². The number of rotatable bonds is 6. The summed E-state index contributed by atoms with van der Waals surface area (Å²) in [6.45, 7) is 3.00. The van der Waals surface area contributed by atoms with E-state index in [1.54, 1.807) is 7.11 Å². The zero-order valence-electron chi connectivity index (χ0n) is 11.7. The van der Waals surface area contributed by atoms with E-state index in [-0.39, 0.29) is 6.04 Å². The molecule has 1 aromatic carbocycles. The van der Waals surface area contributed by atoms with Gasteiger partial charge in [-0.05, 0) is 25.8 Å². The van der Waals surface area contributed by atoms with Crippen molar-refractivity contribution >= 4 is 11.8 Å². The Bertz CT molecular complexity index is 405. The van der Waals surface area contributed by atoms with Crippen LogP contribution < -0.4 is 10.5 Å². The van der Waals surface area contributed by atoms with E-state index in [1.807, 2.05) is 17.8 Å². The molecule has 0 aliphatic carbocycles. The molecule has 1 heterocycles. The molecule has 1 aliphatic rings. The third-order valence-corrected chi connectivity index (χ3v) is 4.61. The highest BCUT2D eigenvalue weighted by molar-refractivity contribution is 7.99. The summed E-state index contributed by atoms with van der Waals surface area (Å²) in [6.07, 6.45) is 2.82. The highest BCUT2D eigenvalue weighted by Gasteiger charge is 2.17. The van der Waals surface area contributed by atoms with Gasteiger partial charge in [0.1, 0.15) is 5.75 Å². The van der Waals surface area contributed by atoms with E-state index in [4.69, 9.17) is 15.2 Å². The molecular formula is C15H23NO2S. The number of hydrogen-bond acceptors (Lipinski definition) is 4. The van der Waals surface area contributed by atoms with Gasteiger partial charge in [-0.25, -0.2) is 0 Å². The van der Waals surface area contributed by atoms with Gasteiger partial charge in [-0.1, -0.05) is 17.7 Å². The lowest BCUT2D eigenvalue weighted by Gasteiger charge is -2.17. The molecule has 1 aliphatic heterocycles. The molecule has 0 aromatic heterocycles. The van der Waals surface area contributed by atoms with E-state index in [2.05, 4.69) is 19.1 Å². The zero-order valence-corrected chi connectivity index (χ0v) is 12.5. The second-order valence-electron chi connectivity index (χ2n) is 5.02. The number of nitrogens with two attached hydrogens (primary N) is 1. The summed E-state index contributed by atoms with van der Waals surface area (Å²) in [5.41, 5.74) is 8.60. The van der Waals surface area contributed by atoms with Crippen molar-refractivity contribution in [2.75, 3.05) is 25.2 Å². The maximum Gasteiger partial charge on any atom is 0.123 e. The van der Waals surface area contributed by atoms with Crippen molar-refractivity contribution in [2.45, 2.75) is 31.9 Å². The van der Waals surface area contributed by atoms with Crippen LogP contribution in [0.1, 0.15) is 30.0 Å². The zero-order chi connectivity index (χ0) is 13.7. The van der Waals surface area contributed by atoms with E-state index in [9.17, 15) is 0 Å². The summed E-state index contributed by atoms with van der Waals surface area (Å²) < 4.78 is 11.0. The largest absolute Gasteiger partial charge is 0.496 e. The van der Waals surface area contributed by atoms with E-state index in [0.29, 0.717) is 6.10 Å². The molecule has 2 rings (SSSR count). The van der Waals surface area contributed by atoms with Gasteiger partial charge in [0.2, 0.25) is 0 Å². The molecule has 0 bridgehead atoms. The van der Waals surface area contributed by atoms with Crippen LogP contribution in [-0.4, -0.2) is 31.3 Å². The van der Waals surface area contributed by atoms with Crippen molar-refractivity contribution < 1.29 is 9.47 Å². The standard InChI is InChI=1S/C15H23NO2S/c1-11-5-6-15(17-2)13(8-11)14(16)10-19-9-12-4-3-7-18-12/h5-6,8,12,14H,3-4,7,9-10,16H2,1-2H3. The lowest BCUT2D eigenvalue weighted by Crippen LogP contribution is -2.16. The number of aryl methyl sites for hydroxylation is 1. The van der Waals surface area contributed by atoms with Crippen LogP contribution in [0.2, 0.25) is 0 Å². The Labute approximate surface area is 119 Å². The first-order valence-corrected chi connectivity index (χ1v) is 7.95. The predicted molar refractivity (Wildman–Crippen MR) is 81.0 cm³/mol. The Hall–Kier alpha value is -0.710. The van der Waals surface area contributed by atoms with Gasteiger partial charge in [-0.15, -0.1) is 0 Å². The van der Waals surface area contributed by atoms with Crippen LogP contribution in [0.25, 0.3) is 0 Å². The summed E-state index contributed by atoms with van der Waals surface area (Å²) in [6, 6.07) is 6.18. The number of benzene rings is 1. The maximum absolute atomic E-state index is 6.28. The number of methoxy groups -OCH3 is 1. The molecular weight excluding hydrogens is 258 g/mol. The van der Waals surface area contributed by atoms with Crippen LogP contribution in [0.4, 0.5) is 0 Å². The quantitative estimate of drug-likeness (QED) is 0.871. The van der Waals surface area contributed by atoms with Gasteiger partial charge < -0.3 is 15.2 Å². The minimum absolute atomic E-state index is 0.0150. The summed E-state index contributed by atoms with van der Waals surface area (Å²) in [4.78, 5) is 0. The van der Waals surface area contributed by atoms with Gasteiger partial charge >= 0.3 is 0 Å². The number of thioether (sulfide) groups is 1. The third kappa shape index (κ3) is 4.13. The summed E-state index contributed by atoms with van der Waals surface area (Å²) in [7, 11) is 1.69. The lowest BCUT2D eigenvalue weighted by atomic mass is 10.1. The first-order chi connectivity index (χ1) is 9.20. The van der Waals surface area contributed by atoms with Crippen LogP contribution in [0.5, 0.6) is 5.75 Å².